The molecule has 1 aromatic heterocycles. The fourth-order valence-corrected chi connectivity index (χ4v) is 3.72. The van der Waals surface area contributed by atoms with Crippen LogP contribution < -0.4 is 32.1 Å². The Labute approximate surface area is 194 Å². The summed E-state index contributed by atoms with van der Waals surface area (Å²) in [5, 5.41) is 26.7. The van der Waals surface area contributed by atoms with E-state index in [0.717, 1.165) is 5.69 Å². The van der Waals surface area contributed by atoms with E-state index in [1.807, 2.05) is 11.8 Å². The average molecular weight is 473 g/mol. The number of anilines is 4. The first kappa shape index (κ1) is 24.4. The summed E-state index contributed by atoms with van der Waals surface area (Å²) in [5.74, 6) is -2.56. The highest BCUT2D eigenvalue weighted by atomic mass is 16.4. The highest BCUT2D eigenvalue weighted by Crippen LogP contribution is 2.26. The minimum absolute atomic E-state index is 0.0459. The second kappa shape index (κ2) is 10.6. The Morgan fingerprint density at radius 3 is 2.59 bits per heavy atom. The summed E-state index contributed by atoms with van der Waals surface area (Å²) in [5.41, 5.74) is 6.70. The number of aromatic amines is 1. The van der Waals surface area contributed by atoms with Crippen LogP contribution in [0.15, 0.2) is 29.1 Å². The summed E-state index contributed by atoms with van der Waals surface area (Å²) in [6, 6.07) is 5.08. The number of aromatic nitrogens is 2. The van der Waals surface area contributed by atoms with Crippen molar-refractivity contribution in [1.82, 2.24) is 15.3 Å². The topological polar surface area (TPSA) is 203 Å². The predicted molar refractivity (Wildman–Crippen MR) is 125 cm³/mol. The molecule has 13 heteroatoms. The Morgan fingerprint density at radius 1 is 1.26 bits per heavy atom. The SMILES string of the molecule is CCN1c2c(nc(N)[nH]c2=O)NCC1CNc1ccc(C(=O)N[C@@H](CCC(=O)O)C(=O)O)cc1. The van der Waals surface area contributed by atoms with Crippen LogP contribution in [0.5, 0.6) is 0 Å². The number of carbonyl (C=O) groups is 3. The first-order valence-corrected chi connectivity index (χ1v) is 10.7. The largest absolute Gasteiger partial charge is 0.481 e. The first-order valence-electron chi connectivity index (χ1n) is 10.7. The summed E-state index contributed by atoms with van der Waals surface area (Å²) in [6.45, 7) is 3.55. The lowest BCUT2D eigenvalue weighted by Gasteiger charge is -2.37. The number of nitrogen functional groups attached to an aromatic ring is 1. The Hall–Kier alpha value is -4.29. The van der Waals surface area contributed by atoms with Gasteiger partial charge in [0, 0.05) is 37.3 Å². The highest BCUT2D eigenvalue weighted by molar-refractivity contribution is 5.97. The van der Waals surface area contributed by atoms with Gasteiger partial charge in [-0.25, -0.2) is 4.79 Å². The lowest BCUT2D eigenvalue weighted by Crippen LogP contribution is -2.50. The van der Waals surface area contributed by atoms with Crippen molar-refractivity contribution in [2.45, 2.75) is 31.8 Å². The van der Waals surface area contributed by atoms with Gasteiger partial charge in [-0.05, 0) is 37.6 Å². The lowest BCUT2D eigenvalue weighted by atomic mass is 10.1. The van der Waals surface area contributed by atoms with Gasteiger partial charge in [-0.2, -0.15) is 4.98 Å². The number of nitrogens with one attached hydrogen (secondary N) is 4. The Bertz CT molecular complexity index is 1120. The van der Waals surface area contributed by atoms with E-state index < -0.39 is 23.9 Å². The fourth-order valence-electron chi connectivity index (χ4n) is 3.72. The van der Waals surface area contributed by atoms with E-state index in [2.05, 4.69) is 25.9 Å². The van der Waals surface area contributed by atoms with Crippen LogP contribution in [-0.4, -0.2) is 69.7 Å². The molecule has 1 unspecified atom stereocenters. The molecule has 0 aliphatic carbocycles. The molecule has 34 heavy (non-hydrogen) atoms. The number of carboxylic acids is 2. The van der Waals surface area contributed by atoms with Gasteiger partial charge in [-0.1, -0.05) is 0 Å². The maximum atomic E-state index is 12.4. The number of carboxylic acid groups (broad SMARTS) is 2. The molecular weight excluding hydrogens is 446 g/mol. The average Bonchev–Trinajstić information content (AvgIpc) is 2.79. The minimum Gasteiger partial charge on any atom is -0.481 e. The van der Waals surface area contributed by atoms with Gasteiger partial charge in [0.1, 0.15) is 11.7 Å². The summed E-state index contributed by atoms with van der Waals surface area (Å²) in [4.78, 5) is 55.3. The summed E-state index contributed by atoms with van der Waals surface area (Å²) in [7, 11) is 0. The number of hydrogen-bond acceptors (Lipinski definition) is 9. The lowest BCUT2D eigenvalue weighted by molar-refractivity contribution is -0.140. The van der Waals surface area contributed by atoms with Crippen LogP contribution in [-0.2, 0) is 9.59 Å². The number of hydrogen-bond donors (Lipinski definition) is 7. The molecule has 1 aliphatic rings. The van der Waals surface area contributed by atoms with Crippen molar-refractivity contribution >= 4 is 41.0 Å². The van der Waals surface area contributed by atoms with Crippen LogP contribution >= 0.6 is 0 Å². The van der Waals surface area contributed by atoms with Gasteiger partial charge < -0.3 is 36.8 Å². The molecule has 8 N–H and O–H groups in total. The van der Waals surface area contributed by atoms with Crippen molar-refractivity contribution in [3.63, 3.8) is 0 Å². The van der Waals surface area contributed by atoms with E-state index in [1.165, 1.54) is 12.1 Å². The Morgan fingerprint density at radius 2 is 1.97 bits per heavy atom. The van der Waals surface area contributed by atoms with Crippen molar-refractivity contribution < 1.29 is 24.6 Å². The minimum atomic E-state index is -1.30. The summed E-state index contributed by atoms with van der Waals surface area (Å²) < 4.78 is 0. The van der Waals surface area contributed by atoms with E-state index in [1.54, 1.807) is 12.1 Å². The molecule has 0 fully saturated rings. The molecule has 1 aromatic carbocycles. The third kappa shape index (κ3) is 5.74. The van der Waals surface area contributed by atoms with Crippen LogP contribution in [0.2, 0.25) is 0 Å². The fraction of sp³-hybridized carbons (Fsp3) is 0.381. The van der Waals surface area contributed by atoms with Gasteiger partial charge in [-0.3, -0.25) is 19.4 Å². The van der Waals surface area contributed by atoms with Crippen LogP contribution in [0, 0.1) is 0 Å². The van der Waals surface area contributed by atoms with E-state index in [0.29, 0.717) is 31.1 Å². The van der Waals surface area contributed by atoms with Crippen molar-refractivity contribution in [3.05, 3.63) is 40.2 Å². The van der Waals surface area contributed by atoms with Crippen molar-refractivity contribution in [1.29, 1.82) is 0 Å². The molecule has 0 saturated heterocycles. The molecule has 13 nitrogen and oxygen atoms in total. The molecular formula is C21H27N7O6. The number of amides is 1. The van der Waals surface area contributed by atoms with Crippen LogP contribution in [0.4, 0.5) is 23.1 Å². The number of nitrogens with two attached hydrogens (primary N) is 1. The van der Waals surface area contributed by atoms with Gasteiger partial charge in [0.2, 0.25) is 5.95 Å². The molecule has 1 aliphatic heterocycles. The quantitative estimate of drug-likeness (QED) is 0.247. The molecule has 3 rings (SSSR count). The standard InChI is InChI=1S/C21H27N7O6/c1-2-28-13(10-24-17-16(28)19(32)27-21(22)26-17)9-23-12-5-3-11(4-6-12)18(31)25-14(20(33)34)7-8-15(29)30/h3-6,13-14,23H,2,7-10H2,1H3,(H,25,31)(H,29,30)(H,33,34)(H4,22,24,26,27,32)/t13?,14-/m0/s1. The number of H-pyrrole nitrogens is 1. The Balaban J connectivity index is 1.61. The molecule has 0 saturated carbocycles. The number of rotatable bonds is 10. The van der Waals surface area contributed by atoms with Crippen LogP contribution in [0.1, 0.15) is 30.1 Å². The third-order valence-corrected chi connectivity index (χ3v) is 5.43. The number of carbonyl (C=O) groups excluding carboxylic acids is 1. The number of aliphatic carboxylic acids is 2. The Kier molecular flexibility index (Phi) is 7.56. The van der Waals surface area contributed by atoms with Crippen molar-refractivity contribution in [2.75, 3.05) is 40.9 Å². The number of nitrogens with zero attached hydrogens (tertiary/aromatic N) is 2. The molecule has 182 valence electrons. The second-order valence-electron chi connectivity index (χ2n) is 7.72. The molecule has 0 bridgehead atoms. The second-order valence-corrected chi connectivity index (χ2v) is 7.72. The smallest absolute Gasteiger partial charge is 0.326 e. The number of fused-ring (bicyclic) bond motifs is 1. The first-order chi connectivity index (χ1) is 16.2. The summed E-state index contributed by atoms with van der Waals surface area (Å²) in [6.07, 6.45) is -0.585. The zero-order valence-corrected chi connectivity index (χ0v) is 18.5. The normalized spacial score (nSPS) is 15.6. The zero-order valence-electron chi connectivity index (χ0n) is 18.5. The van der Waals surface area contributed by atoms with Gasteiger partial charge >= 0.3 is 11.9 Å². The van der Waals surface area contributed by atoms with Crippen molar-refractivity contribution in [2.24, 2.45) is 0 Å². The van der Waals surface area contributed by atoms with Crippen LogP contribution in [0.3, 0.4) is 0 Å². The van der Waals surface area contributed by atoms with Crippen LogP contribution in [0.25, 0.3) is 0 Å². The van der Waals surface area contributed by atoms with Gasteiger partial charge in [-0.15, -0.1) is 0 Å². The molecule has 2 atom stereocenters. The van der Waals surface area contributed by atoms with Crippen molar-refractivity contribution in [3.8, 4) is 0 Å². The van der Waals surface area contributed by atoms with Gasteiger partial charge in [0.05, 0.1) is 6.04 Å². The van der Waals surface area contributed by atoms with Gasteiger partial charge in [0.15, 0.2) is 5.82 Å². The highest BCUT2D eigenvalue weighted by Gasteiger charge is 2.29. The van der Waals surface area contributed by atoms with Gasteiger partial charge in [0.25, 0.3) is 11.5 Å². The number of benzene rings is 1. The van der Waals surface area contributed by atoms with E-state index in [4.69, 9.17) is 10.8 Å². The third-order valence-electron chi connectivity index (χ3n) is 5.43. The molecule has 0 radical (unpaired) electrons. The maximum Gasteiger partial charge on any atom is 0.326 e. The van der Waals surface area contributed by atoms with E-state index in [-0.39, 0.29) is 36.0 Å². The molecule has 2 aromatic rings. The maximum absolute atomic E-state index is 12.4. The van der Waals surface area contributed by atoms with E-state index >= 15 is 0 Å². The monoisotopic (exact) mass is 473 g/mol. The molecule has 1 amide bonds. The summed E-state index contributed by atoms with van der Waals surface area (Å²) >= 11 is 0. The molecule has 2 heterocycles. The number of likely N-dealkylation sites (N-methyl/N-ethyl adjacent to an activating group) is 1. The predicted octanol–water partition coefficient (Wildman–Crippen LogP) is 0.132. The zero-order chi connectivity index (χ0) is 24.8. The van der Waals surface area contributed by atoms with E-state index in [9.17, 15) is 24.3 Å². The molecule has 0 spiro atoms.